The highest BCUT2D eigenvalue weighted by molar-refractivity contribution is 8.18. The standard InChI is InChI=1S/C29H28N2O5S2/c1-18(2)23-11-7-20(4)15-25(23)36-14-13-30-28(32)27(38-29(30)33)17-21-8-12-26(24(16-21)31(34)35)37-22-9-5-19(3)6-10-22/h5-12,15-18H,13-14H2,1-4H3/b27-17-. The molecule has 4 rings (SSSR count). The van der Waals surface area contributed by atoms with Crippen LogP contribution < -0.4 is 4.74 Å². The van der Waals surface area contributed by atoms with Gasteiger partial charge in [-0.25, -0.2) is 0 Å². The lowest BCUT2D eigenvalue weighted by Crippen LogP contribution is -2.32. The van der Waals surface area contributed by atoms with E-state index in [1.54, 1.807) is 12.1 Å². The van der Waals surface area contributed by atoms with Crippen LogP contribution >= 0.6 is 23.5 Å². The zero-order chi connectivity index (χ0) is 27.4. The molecule has 0 aliphatic carbocycles. The number of benzene rings is 3. The average Bonchev–Trinajstić information content (AvgIpc) is 3.13. The Balaban J connectivity index is 1.46. The zero-order valence-electron chi connectivity index (χ0n) is 21.6. The first-order valence-corrected chi connectivity index (χ1v) is 13.8. The van der Waals surface area contributed by atoms with Crippen molar-refractivity contribution in [3.05, 3.63) is 97.9 Å². The summed E-state index contributed by atoms with van der Waals surface area (Å²) >= 11 is 2.13. The van der Waals surface area contributed by atoms with Crippen molar-refractivity contribution < 1.29 is 19.2 Å². The van der Waals surface area contributed by atoms with E-state index in [9.17, 15) is 19.7 Å². The van der Waals surface area contributed by atoms with Crippen molar-refractivity contribution in [3.8, 4) is 5.75 Å². The summed E-state index contributed by atoms with van der Waals surface area (Å²) in [5.41, 5.74) is 3.66. The molecule has 1 aliphatic rings. The van der Waals surface area contributed by atoms with Crippen LogP contribution in [0.3, 0.4) is 0 Å². The fraction of sp³-hybridized carbons (Fsp3) is 0.241. The van der Waals surface area contributed by atoms with E-state index in [1.807, 2.05) is 56.3 Å². The number of hydrogen-bond acceptors (Lipinski definition) is 7. The van der Waals surface area contributed by atoms with Crippen LogP contribution in [0.2, 0.25) is 0 Å². The molecule has 0 N–H and O–H groups in total. The number of nitrogens with zero attached hydrogens (tertiary/aromatic N) is 2. The number of imide groups is 1. The molecule has 0 bridgehead atoms. The van der Waals surface area contributed by atoms with Gasteiger partial charge in [-0.05, 0) is 78.6 Å². The molecule has 196 valence electrons. The van der Waals surface area contributed by atoms with E-state index in [0.29, 0.717) is 10.5 Å². The second-order valence-electron chi connectivity index (χ2n) is 9.28. The number of hydrogen-bond donors (Lipinski definition) is 0. The van der Waals surface area contributed by atoms with Gasteiger partial charge in [0.15, 0.2) is 0 Å². The number of rotatable bonds is 9. The Labute approximate surface area is 230 Å². The molecule has 1 heterocycles. The third-order valence-electron chi connectivity index (χ3n) is 5.96. The number of ether oxygens (including phenoxy) is 1. The Hall–Kier alpha value is -3.56. The van der Waals surface area contributed by atoms with Gasteiger partial charge in [0, 0.05) is 11.0 Å². The molecular formula is C29H28N2O5S2. The van der Waals surface area contributed by atoms with Gasteiger partial charge in [0.25, 0.3) is 16.8 Å². The molecule has 3 aromatic rings. The number of thioether (sulfide) groups is 1. The summed E-state index contributed by atoms with van der Waals surface area (Å²) in [4.78, 5) is 39.6. The molecule has 3 aromatic carbocycles. The number of aryl methyl sites for hydroxylation is 2. The normalized spacial score (nSPS) is 14.6. The molecule has 0 aromatic heterocycles. The van der Waals surface area contributed by atoms with Crippen molar-refractivity contribution in [1.82, 2.24) is 4.90 Å². The smallest absolute Gasteiger partial charge is 0.293 e. The maximum atomic E-state index is 13.0. The van der Waals surface area contributed by atoms with Gasteiger partial charge in [0.05, 0.1) is 21.3 Å². The molecular weight excluding hydrogens is 520 g/mol. The van der Waals surface area contributed by atoms with Crippen LogP contribution in [0.1, 0.15) is 42.0 Å². The number of nitro benzene ring substituents is 1. The minimum Gasteiger partial charge on any atom is -0.491 e. The summed E-state index contributed by atoms with van der Waals surface area (Å²) in [6.07, 6.45) is 1.52. The van der Waals surface area contributed by atoms with E-state index < -0.39 is 10.8 Å². The molecule has 38 heavy (non-hydrogen) atoms. The molecule has 0 atom stereocenters. The highest BCUT2D eigenvalue weighted by Crippen LogP contribution is 2.37. The quantitative estimate of drug-likeness (QED) is 0.154. The predicted molar refractivity (Wildman–Crippen MR) is 152 cm³/mol. The van der Waals surface area contributed by atoms with E-state index in [2.05, 4.69) is 13.8 Å². The van der Waals surface area contributed by atoms with Crippen LogP contribution in [0.4, 0.5) is 10.5 Å². The predicted octanol–water partition coefficient (Wildman–Crippen LogP) is 7.60. The first-order valence-electron chi connectivity index (χ1n) is 12.1. The molecule has 1 aliphatic heterocycles. The Morgan fingerprint density at radius 1 is 1.03 bits per heavy atom. The summed E-state index contributed by atoms with van der Waals surface area (Å²) in [6.45, 7) is 8.40. The summed E-state index contributed by atoms with van der Waals surface area (Å²) < 4.78 is 5.95. The Morgan fingerprint density at radius 2 is 1.74 bits per heavy atom. The lowest BCUT2D eigenvalue weighted by atomic mass is 10.0. The lowest BCUT2D eigenvalue weighted by molar-refractivity contribution is -0.387. The first-order chi connectivity index (χ1) is 18.1. The summed E-state index contributed by atoms with van der Waals surface area (Å²) in [5.74, 6) is 0.590. The van der Waals surface area contributed by atoms with Gasteiger partial charge < -0.3 is 4.74 Å². The van der Waals surface area contributed by atoms with Gasteiger partial charge in [-0.3, -0.25) is 24.6 Å². The molecule has 0 saturated carbocycles. The number of amides is 2. The summed E-state index contributed by atoms with van der Waals surface area (Å²) in [7, 11) is 0. The van der Waals surface area contributed by atoms with Gasteiger partial charge in [-0.15, -0.1) is 0 Å². The fourth-order valence-corrected chi connectivity index (χ4v) is 5.69. The summed E-state index contributed by atoms with van der Waals surface area (Å²) in [6, 6.07) is 18.6. The van der Waals surface area contributed by atoms with Crippen molar-refractivity contribution in [2.45, 2.75) is 43.4 Å². The molecule has 1 fully saturated rings. The van der Waals surface area contributed by atoms with Crippen molar-refractivity contribution in [1.29, 1.82) is 0 Å². The van der Waals surface area contributed by atoms with Crippen LogP contribution in [0.5, 0.6) is 5.75 Å². The largest absolute Gasteiger partial charge is 0.491 e. The minimum absolute atomic E-state index is 0.0592. The molecule has 9 heteroatoms. The second kappa shape index (κ2) is 11.9. The molecule has 0 unspecified atom stereocenters. The van der Waals surface area contributed by atoms with Crippen LogP contribution in [0, 0.1) is 24.0 Å². The molecule has 2 amide bonds. The number of carbonyl (C=O) groups is 2. The van der Waals surface area contributed by atoms with Gasteiger partial charge >= 0.3 is 0 Å². The van der Waals surface area contributed by atoms with E-state index in [-0.39, 0.29) is 34.9 Å². The summed E-state index contributed by atoms with van der Waals surface area (Å²) in [5, 5.41) is 11.4. The Bertz CT molecular complexity index is 1420. The van der Waals surface area contributed by atoms with Crippen LogP contribution in [0.25, 0.3) is 6.08 Å². The van der Waals surface area contributed by atoms with Gasteiger partial charge in [-0.2, -0.15) is 0 Å². The number of nitro groups is 1. The third-order valence-corrected chi connectivity index (χ3v) is 7.94. The zero-order valence-corrected chi connectivity index (χ0v) is 23.2. The fourth-order valence-electron chi connectivity index (χ4n) is 3.92. The SMILES string of the molecule is Cc1ccc(Sc2ccc(/C=C3\SC(=O)N(CCOc4cc(C)ccc4C(C)C)C3=O)cc2[N+](=O)[O-])cc1. The molecule has 1 saturated heterocycles. The third kappa shape index (κ3) is 6.46. The van der Waals surface area contributed by atoms with E-state index in [4.69, 9.17) is 4.74 Å². The minimum atomic E-state index is -0.437. The van der Waals surface area contributed by atoms with E-state index in [0.717, 1.165) is 44.0 Å². The maximum Gasteiger partial charge on any atom is 0.293 e. The second-order valence-corrected chi connectivity index (χ2v) is 11.4. The van der Waals surface area contributed by atoms with Crippen LogP contribution in [-0.2, 0) is 4.79 Å². The van der Waals surface area contributed by atoms with Crippen molar-refractivity contribution in [3.63, 3.8) is 0 Å². The first kappa shape index (κ1) is 27.5. The van der Waals surface area contributed by atoms with Crippen molar-refractivity contribution >= 4 is 46.4 Å². The number of carbonyl (C=O) groups excluding carboxylic acids is 2. The van der Waals surface area contributed by atoms with E-state index >= 15 is 0 Å². The van der Waals surface area contributed by atoms with E-state index in [1.165, 1.54) is 23.9 Å². The Morgan fingerprint density at radius 3 is 2.42 bits per heavy atom. The van der Waals surface area contributed by atoms with Crippen LogP contribution in [0.15, 0.2) is 75.4 Å². The monoisotopic (exact) mass is 548 g/mol. The topological polar surface area (TPSA) is 89.8 Å². The lowest BCUT2D eigenvalue weighted by Gasteiger charge is -2.17. The van der Waals surface area contributed by atoms with Crippen molar-refractivity contribution in [2.75, 3.05) is 13.2 Å². The highest BCUT2D eigenvalue weighted by Gasteiger charge is 2.35. The molecule has 0 radical (unpaired) electrons. The van der Waals surface area contributed by atoms with Gasteiger partial charge in [0.2, 0.25) is 0 Å². The Kier molecular flexibility index (Phi) is 8.58. The molecule has 7 nitrogen and oxygen atoms in total. The van der Waals surface area contributed by atoms with Gasteiger partial charge in [0.1, 0.15) is 12.4 Å². The van der Waals surface area contributed by atoms with Crippen LogP contribution in [-0.4, -0.2) is 34.1 Å². The van der Waals surface area contributed by atoms with Crippen molar-refractivity contribution in [2.24, 2.45) is 0 Å². The average molecular weight is 549 g/mol. The van der Waals surface area contributed by atoms with Gasteiger partial charge in [-0.1, -0.05) is 61.5 Å². The molecule has 0 spiro atoms. The highest BCUT2D eigenvalue weighted by atomic mass is 32.2. The maximum absolute atomic E-state index is 13.0.